The molecule has 1 saturated carbocycles. The number of thiol groups is 4. The number of hydrogen-bond donors (Lipinski definition) is 4. The Hall–Kier alpha value is 0.360. The van der Waals surface area contributed by atoms with Gasteiger partial charge >= 0.3 is 0 Å². The van der Waals surface area contributed by atoms with Gasteiger partial charge in [0.2, 0.25) is 0 Å². The summed E-state index contributed by atoms with van der Waals surface area (Å²) in [6.07, 6.45) is 10.8. The third kappa shape index (κ3) is 4.80. The summed E-state index contributed by atoms with van der Waals surface area (Å²) in [7, 11) is 0. The summed E-state index contributed by atoms with van der Waals surface area (Å²) >= 11 is 17.2. The van der Waals surface area contributed by atoms with Crippen molar-refractivity contribution in [3.63, 3.8) is 0 Å². The van der Waals surface area contributed by atoms with Crippen molar-refractivity contribution in [2.75, 3.05) is 23.0 Å². The molecular formula is C14H20S4. The Bertz CT molecular complexity index is 361. The minimum Gasteiger partial charge on any atom is -0.175 e. The molecule has 0 aromatic rings. The molecule has 1 aliphatic rings. The molecule has 0 saturated heterocycles. The van der Waals surface area contributed by atoms with Gasteiger partial charge in [0.15, 0.2) is 0 Å². The fourth-order valence-electron chi connectivity index (χ4n) is 2.16. The summed E-state index contributed by atoms with van der Waals surface area (Å²) < 4.78 is 0. The molecule has 0 unspecified atom stereocenters. The summed E-state index contributed by atoms with van der Waals surface area (Å²) in [4.78, 5) is 0. The Labute approximate surface area is 132 Å². The highest BCUT2D eigenvalue weighted by atomic mass is 32.1. The maximum absolute atomic E-state index is 4.32. The molecule has 1 aliphatic carbocycles. The van der Waals surface area contributed by atoms with E-state index in [1.165, 1.54) is 22.3 Å². The molecule has 0 atom stereocenters. The molecule has 0 heterocycles. The first-order chi connectivity index (χ1) is 8.76. The molecule has 0 aliphatic heterocycles. The summed E-state index contributed by atoms with van der Waals surface area (Å²) in [6.45, 7) is 0. The van der Waals surface area contributed by atoms with Gasteiger partial charge in [0.05, 0.1) is 0 Å². The minimum atomic E-state index is 0.759. The van der Waals surface area contributed by atoms with E-state index >= 15 is 0 Å². The first-order valence-corrected chi connectivity index (χ1v) is 8.50. The smallest absolute Gasteiger partial charge is 0.00917 e. The Morgan fingerprint density at radius 3 is 1.50 bits per heavy atom. The fraction of sp³-hybridized carbons (Fsp3) is 0.429. The van der Waals surface area contributed by atoms with Crippen LogP contribution in [-0.2, 0) is 0 Å². The third-order valence-corrected chi connectivity index (χ3v) is 3.61. The zero-order valence-electron chi connectivity index (χ0n) is 10.3. The third-order valence-electron chi connectivity index (χ3n) is 2.88. The molecule has 1 rings (SSSR count). The van der Waals surface area contributed by atoms with Gasteiger partial charge in [-0.1, -0.05) is 29.9 Å². The highest BCUT2D eigenvalue weighted by molar-refractivity contribution is 7.80. The van der Waals surface area contributed by atoms with Crippen LogP contribution in [0.3, 0.4) is 0 Å². The normalized spacial score (nSPS) is 20.7. The number of allylic oxidation sites excluding steroid dienone is 4. The van der Waals surface area contributed by atoms with Crippen molar-refractivity contribution >= 4 is 50.5 Å². The lowest BCUT2D eigenvalue weighted by Gasteiger charge is -2.25. The van der Waals surface area contributed by atoms with Gasteiger partial charge in [0, 0.05) is 23.0 Å². The highest BCUT2D eigenvalue weighted by Gasteiger charge is 2.19. The lowest BCUT2D eigenvalue weighted by molar-refractivity contribution is 0.948. The van der Waals surface area contributed by atoms with Crippen molar-refractivity contribution in [1.29, 1.82) is 0 Å². The van der Waals surface area contributed by atoms with Crippen molar-refractivity contribution in [2.45, 2.75) is 12.8 Å². The Morgan fingerprint density at radius 1 is 0.667 bits per heavy atom. The zero-order chi connectivity index (χ0) is 13.4. The topological polar surface area (TPSA) is 0 Å². The van der Waals surface area contributed by atoms with Crippen molar-refractivity contribution in [1.82, 2.24) is 0 Å². The van der Waals surface area contributed by atoms with Gasteiger partial charge in [-0.3, -0.25) is 0 Å². The van der Waals surface area contributed by atoms with E-state index < -0.39 is 0 Å². The Kier molecular flexibility index (Phi) is 8.47. The predicted octanol–water partition coefficient (Wildman–Crippen LogP) is 4.21. The van der Waals surface area contributed by atoms with E-state index in [1.54, 1.807) is 0 Å². The van der Waals surface area contributed by atoms with Crippen LogP contribution in [0.5, 0.6) is 0 Å². The Morgan fingerprint density at radius 2 is 1.11 bits per heavy atom. The average molecular weight is 317 g/mol. The molecule has 0 N–H and O–H groups in total. The van der Waals surface area contributed by atoms with Gasteiger partial charge in [-0.15, -0.1) is 0 Å². The van der Waals surface area contributed by atoms with Gasteiger partial charge in [0.1, 0.15) is 0 Å². The molecule has 0 spiro atoms. The molecule has 4 heteroatoms. The van der Waals surface area contributed by atoms with Crippen molar-refractivity contribution < 1.29 is 0 Å². The highest BCUT2D eigenvalue weighted by Crippen LogP contribution is 2.37. The maximum Gasteiger partial charge on any atom is 0.00917 e. The van der Waals surface area contributed by atoms with Gasteiger partial charge in [-0.05, 0) is 29.6 Å². The van der Waals surface area contributed by atoms with Crippen LogP contribution >= 0.6 is 50.5 Å². The number of rotatable bonds is 4. The second kappa shape index (κ2) is 9.29. The molecule has 0 aromatic carbocycles. The molecule has 0 radical (unpaired) electrons. The molecule has 0 amide bonds. The van der Waals surface area contributed by atoms with Gasteiger partial charge in [-0.2, -0.15) is 50.5 Å². The molecule has 1 fully saturated rings. The van der Waals surface area contributed by atoms with Crippen molar-refractivity contribution in [2.24, 2.45) is 0 Å². The van der Waals surface area contributed by atoms with E-state index in [0.29, 0.717) is 0 Å². The lowest BCUT2D eigenvalue weighted by atomic mass is 9.81. The SMILES string of the molecule is SCC=C1CC(=CCS)C(=CCS)C(=CCS)C1. The van der Waals surface area contributed by atoms with Gasteiger partial charge < -0.3 is 0 Å². The van der Waals surface area contributed by atoms with Crippen molar-refractivity contribution in [3.8, 4) is 0 Å². The van der Waals surface area contributed by atoms with E-state index in [0.717, 1.165) is 35.9 Å². The molecule has 0 aromatic heterocycles. The summed E-state index contributed by atoms with van der Waals surface area (Å²) in [5, 5.41) is 0. The van der Waals surface area contributed by atoms with E-state index in [-0.39, 0.29) is 0 Å². The summed E-state index contributed by atoms with van der Waals surface area (Å²) in [6, 6.07) is 0. The summed E-state index contributed by atoms with van der Waals surface area (Å²) in [5.41, 5.74) is 5.46. The quantitative estimate of drug-likeness (QED) is 0.433. The second-order valence-electron chi connectivity index (χ2n) is 4.02. The molecular weight excluding hydrogens is 296 g/mol. The van der Waals surface area contributed by atoms with Crippen LogP contribution in [0.2, 0.25) is 0 Å². The number of hydrogen-bond acceptors (Lipinski definition) is 4. The maximum atomic E-state index is 4.32. The first kappa shape index (κ1) is 16.4. The standard InChI is InChI=1S/C14H20S4/c15-5-1-11-9-12(2-6-16)14(4-8-18)13(10-11)3-7-17/h1-4,15-18H,5-10H2. The monoisotopic (exact) mass is 316 g/mol. The van der Waals surface area contributed by atoms with Crippen LogP contribution < -0.4 is 0 Å². The van der Waals surface area contributed by atoms with Crippen molar-refractivity contribution in [3.05, 3.63) is 46.6 Å². The van der Waals surface area contributed by atoms with Gasteiger partial charge in [0.25, 0.3) is 0 Å². The summed E-state index contributed by atoms with van der Waals surface area (Å²) in [5.74, 6) is 3.08. The van der Waals surface area contributed by atoms with E-state index in [9.17, 15) is 0 Å². The van der Waals surface area contributed by atoms with E-state index in [2.05, 4.69) is 74.8 Å². The lowest BCUT2D eigenvalue weighted by Crippen LogP contribution is -2.07. The van der Waals surface area contributed by atoms with Crippen LogP contribution in [0, 0.1) is 0 Å². The first-order valence-electron chi connectivity index (χ1n) is 5.97. The van der Waals surface area contributed by atoms with Gasteiger partial charge in [-0.25, -0.2) is 0 Å². The Balaban J connectivity index is 3.13. The largest absolute Gasteiger partial charge is 0.175 e. The van der Waals surface area contributed by atoms with Crippen LogP contribution in [0.25, 0.3) is 0 Å². The zero-order valence-corrected chi connectivity index (χ0v) is 13.9. The second-order valence-corrected chi connectivity index (χ2v) is 5.48. The van der Waals surface area contributed by atoms with E-state index in [1.807, 2.05) is 0 Å². The molecule has 18 heavy (non-hydrogen) atoms. The van der Waals surface area contributed by atoms with E-state index in [4.69, 9.17) is 0 Å². The minimum absolute atomic E-state index is 0.759. The molecule has 0 nitrogen and oxygen atoms in total. The van der Waals surface area contributed by atoms with Crippen LogP contribution in [0.1, 0.15) is 12.8 Å². The van der Waals surface area contributed by atoms with Crippen LogP contribution in [0.4, 0.5) is 0 Å². The fourth-order valence-corrected chi connectivity index (χ4v) is 3.04. The molecule has 0 bridgehead atoms. The predicted molar refractivity (Wildman–Crippen MR) is 97.0 cm³/mol. The molecule has 100 valence electrons. The van der Waals surface area contributed by atoms with Crippen LogP contribution in [-0.4, -0.2) is 23.0 Å². The van der Waals surface area contributed by atoms with Crippen LogP contribution in [0.15, 0.2) is 46.6 Å². The average Bonchev–Trinajstić information content (AvgIpc) is 2.34.